The number of hydrogen-bond donors (Lipinski definition) is 1. The van der Waals surface area contributed by atoms with E-state index >= 15 is 0 Å². The fourth-order valence-electron chi connectivity index (χ4n) is 11.8. The SMILES string of the molecule is CC1(C)C2=CC3c4ccccc4C4(CCCCC4)C3C=C2c2cc(-c3ccc4oc5c(C6=NC(C7=CCCC=C7)N=C(C7=CCCC=C7)N6)cccc5c4c3)ccc21. The summed E-state index contributed by atoms with van der Waals surface area (Å²) in [6.45, 7) is 4.87. The first kappa shape index (κ1) is 34.3. The molecule has 4 heteroatoms. The van der Waals surface area contributed by atoms with Gasteiger partial charge in [0.1, 0.15) is 22.8 Å². The number of amidine groups is 2. The van der Waals surface area contributed by atoms with Crippen molar-refractivity contribution in [1.29, 1.82) is 0 Å². The molecule has 3 atom stereocenters. The first-order valence-corrected chi connectivity index (χ1v) is 21.8. The summed E-state index contributed by atoms with van der Waals surface area (Å²) >= 11 is 0. The Morgan fingerprint density at radius 1 is 0.690 bits per heavy atom. The fraction of sp³-hybridized carbons (Fsp3) is 0.296. The molecule has 5 aromatic rings. The molecule has 7 aliphatic rings. The van der Waals surface area contributed by atoms with Gasteiger partial charge in [-0.15, -0.1) is 0 Å². The normalized spacial score (nSPS) is 24.8. The van der Waals surface area contributed by atoms with Crippen LogP contribution in [0, 0.1) is 5.92 Å². The fourth-order valence-corrected chi connectivity index (χ4v) is 11.8. The van der Waals surface area contributed by atoms with Crippen molar-refractivity contribution in [3.05, 3.63) is 172 Å². The molecule has 4 aromatic carbocycles. The molecule has 1 spiro atoms. The van der Waals surface area contributed by atoms with Crippen LogP contribution in [0.1, 0.15) is 105 Å². The highest BCUT2D eigenvalue weighted by Gasteiger charge is 2.53. The third kappa shape index (κ3) is 5.06. The second-order valence-corrected chi connectivity index (χ2v) is 18.2. The largest absolute Gasteiger partial charge is 0.455 e. The van der Waals surface area contributed by atoms with Crippen LogP contribution in [0.25, 0.3) is 38.6 Å². The lowest BCUT2D eigenvalue weighted by atomic mass is 9.62. The van der Waals surface area contributed by atoms with Crippen molar-refractivity contribution in [2.24, 2.45) is 15.9 Å². The maximum atomic E-state index is 6.75. The van der Waals surface area contributed by atoms with E-state index in [4.69, 9.17) is 14.4 Å². The smallest absolute Gasteiger partial charge is 0.169 e. The van der Waals surface area contributed by atoms with Gasteiger partial charge in [-0.2, -0.15) is 0 Å². The van der Waals surface area contributed by atoms with Gasteiger partial charge in [0.2, 0.25) is 0 Å². The number of hydrogen-bond acceptors (Lipinski definition) is 4. The Morgan fingerprint density at radius 2 is 1.50 bits per heavy atom. The zero-order valence-electron chi connectivity index (χ0n) is 33.5. The molecule has 1 N–H and O–H groups in total. The van der Waals surface area contributed by atoms with Gasteiger partial charge in [0.05, 0.1) is 5.56 Å². The van der Waals surface area contributed by atoms with Gasteiger partial charge >= 0.3 is 0 Å². The van der Waals surface area contributed by atoms with Gasteiger partial charge < -0.3 is 9.73 Å². The predicted octanol–water partition coefficient (Wildman–Crippen LogP) is 13.1. The van der Waals surface area contributed by atoms with E-state index in [1.54, 1.807) is 11.1 Å². The average Bonchev–Trinajstić information content (AvgIpc) is 3.86. The van der Waals surface area contributed by atoms with E-state index < -0.39 is 0 Å². The van der Waals surface area contributed by atoms with Crippen molar-refractivity contribution in [3.63, 3.8) is 0 Å². The molecule has 58 heavy (non-hydrogen) atoms. The first-order valence-electron chi connectivity index (χ1n) is 21.8. The van der Waals surface area contributed by atoms with Crippen molar-refractivity contribution >= 4 is 39.2 Å². The summed E-state index contributed by atoms with van der Waals surface area (Å²) in [4.78, 5) is 10.3. The van der Waals surface area contributed by atoms with Crippen LogP contribution in [0.2, 0.25) is 0 Å². The number of para-hydroxylation sites is 1. The van der Waals surface area contributed by atoms with Crippen LogP contribution < -0.4 is 5.32 Å². The van der Waals surface area contributed by atoms with E-state index in [0.717, 1.165) is 76.0 Å². The lowest BCUT2D eigenvalue weighted by Gasteiger charge is -2.41. The minimum absolute atomic E-state index is 0.0455. The molecule has 6 aliphatic carbocycles. The maximum Gasteiger partial charge on any atom is 0.169 e. The summed E-state index contributed by atoms with van der Waals surface area (Å²) < 4.78 is 6.75. The van der Waals surface area contributed by atoms with Crippen LogP contribution in [-0.4, -0.2) is 17.8 Å². The molecule has 1 saturated carbocycles. The highest BCUT2D eigenvalue weighted by Crippen LogP contribution is 2.64. The lowest BCUT2D eigenvalue weighted by Crippen LogP contribution is -2.38. The molecular formula is C54H49N3O. The van der Waals surface area contributed by atoms with E-state index in [1.807, 2.05) is 0 Å². The monoisotopic (exact) mass is 755 g/mol. The molecule has 4 nitrogen and oxygen atoms in total. The van der Waals surface area contributed by atoms with Gasteiger partial charge in [0, 0.05) is 33.1 Å². The molecule has 0 amide bonds. The molecule has 0 radical (unpaired) electrons. The number of allylic oxidation sites excluding steroid dienone is 8. The van der Waals surface area contributed by atoms with Crippen molar-refractivity contribution in [2.75, 3.05) is 0 Å². The van der Waals surface area contributed by atoms with Crippen molar-refractivity contribution in [2.45, 2.75) is 94.5 Å². The number of nitrogens with zero attached hydrogens (tertiary/aromatic N) is 2. The van der Waals surface area contributed by atoms with Crippen LogP contribution >= 0.6 is 0 Å². The van der Waals surface area contributed by atoms with Gasteiger partial charge in [-0.05, 0) is 119 Å². The zero-order chi connectivity index (χ0) is 38.6. The van der Waals surface area contributed by atoms with E-state index in [-0.39, 0.29) is 17.0 Å². The Kier molecular flexibility index (Phi) is 7.62. The number of rotatable bonds is 4. The second-order valence-electron chi connectivity index (χ2n) is 18.2. The summed E-state index contributed by atoms with van der Waals surface area (Å²) in [6, 6.07) is 29.9. The number of furan rings is 1. The lowest BCUT2D eigenvalue weighted by molar-refractivity contribution is 0.233. The second kappa shape index (κ2) is 12.9. The zero-order valence-corrected chi connectivity index (χ0v) is 33.5. The molecule has 1 fully saturated rings. The van der Waals surface area contributed by atoms with Crippen molar-refractivity contribution < 1.29 is 4.42 Å². The van der Waals surface area contributed by atoms with Crippen molar-refractivity contribution in [1.82, 2.24) is 5.32 Å². The third-order valence-corrected chi connectivity index (χ3v) is 14.7. The first-order chi connectivity index (χ1) is 28.5. The van der Waals surface area contributed by atoms with E-state index in [0.29, 0.717) is 11.8 Å². The van der Waals surface area contributed by atoms with Gasteiger partial charge in [-0.25, -0.2) is 9.98 Å². The molecule has 0 bridgehead atoms. The van der Waals surface area contributed by atoms with Crippen LogP contribution in [0.4, 0.5) is 0 Å². The van der Waals surface area contributed by atoms with Crippen LogP contribution in [0.5, 0.6) is 0 Å². The van der Waals surface area contributed by atoms with Gasteiger partial charge in [-0.1, -0.05) is 136 Å². The molecule has 0 saturated heterocycles. The van der Waals surface area contributed by atoms with Gasteiger partial charge in [0.15, 0.2) is 6.17 Å². The molecule has 2 heterocycles. The molecule has 3 unspecified atom stereocenters. The van der Waals surface area contributed by atoms with E-state index in [2.05, 4.69) is 147 Å². The summed E-state index contributed by atoms with van der Waals surface area (Å²) in [6.07, 6.45) is 29.3. The topological polar surface area (TPSA) is 49.9 Å². The Hall–Kier alpha value is -5.74. The quantitative estimate of drug-likeness (QED) is 0.199. The number of aliphatic imine (C=N–C) groups is 2. The summed E-state index contributed by atoms with van der Waals surface area (Å²) in [5.41, 5.74) is 16.7. The molecule has 12 rings (SSSR count). The highest BCUT2D eigenvalue weighted by molar-refractivity contribution is 6.22. The Bertz CT molecular complexity index is 2840. The Morgan fingerprint density at radius 3 is 2.34 bits per heavy atom. The van der Waals surface area contributed by atoms with E-state index in [9.17, 15) is 0 Å². The average molecular weight is 756 g/mol. The number of nitrogens with one attached hydrogen (secondary N) is 1. The molecule has 1 aliphatic heterocycles. The summed E-state index contributed by atoms with van der Waals surface area (Å²) in [5, 5.41) is 5.85. The third-order valence-electron chi connectivity index (χ3n) is 14.7. The number of fused-ring (bicyclic) bond motifs is 11. The van der Waals surface area contributed by atoms with Crippen LogP contribution in [0.3, 0.4) is 0 Å². The van der Waals surface area contributed by atoms with Gasteiger partial charge in [0.25, 0.3) is 0 Å². The highest BCUT2D eigenvalue weighted by atomic mass is 16.3. The minimum Gasteiger partial charge on any atom is -0.455 e. The van der Waals surface area contributed by atoms with Crippen LogP contribution in [-0.2, 0) is 10.8 Å². The predicted molar refractivity (Wildman–Crippen MR) is 239 cm³/mol. The van der Waals surface area contributed by atoms with Crippen LogP contribution in [0.15, 0.2) is 159 Å². The summed E-state index contributed by atoms with van der Waals surface area (Å²) in [7, 11) is 0. The molecular weight excluding hydrogens is 707 g/mol. The maximum absolute atomic E-state index is 6.75. The summed E-state index contributed by atoms with van der Waals surface area (Å²) in [5.74, 6) is 2.65. The standard InChI is InChI=1S/C54H49N3O/c1-53(2)44-25-23-35(29-40(44)42-32-47-41(31-46(42)53)37-19-10-11-22-45(37)54(47)27-12-5-13-28-54)36-24-26-48-43(30-36)38-20-14-21-39(49(38)58-48)52-56-50(33-15-6-3-7-16-33)55-51(57-52)34-17-8-4-9-18-34/h6,8,10-11,14-26,29-32,41,47,50H,3-5,7,9,12-13,27-28H2,1-2H3,(H,55,56,57). The Labute approximate surface area is 341 Å². The van der Waals surface area contributed by atoms with E-state index in [1.165, 1.54) is 65.5 Å². The Balaban J connectivity index is 0.934. The molecule has 1 aromatic heterocycles. The number of benzene rings is 4. The van der Waals surface area contributed by atoms with Gasteiger partial charge in [-0.3, -0.25) is 0 Å². The minimum atomic E-state index is -0.298. The van der Waals surface area contributed by atoms with Crippen molar-refractivity contribution in [3.8, 4) is 11.1 Å². The molecule has 286 valence electrons.